The van der Waals surface area contributed by atoms with E-state index >= 15 is 0 Å². The predicted octanol–water partition coefficient (Wildman–Crippen LogP) is 10.2. The van der Waals surface area contributed by atoms with Crippen molar-refractivity contribution in [1.82, 2.24) is 0 Å². The Hall–Kier alpha value is -2.44. The summed E-state index contributed by atoms with van der Waals surface area (Å²) in [5.74, 6) is 1.21. The van der Waals surface area contributed by atoms with Crippen molar-refractivity contribution in [3.05, 3.63) is 108 Å². The van der Waals surface area contributed by atoms with Crippen LogP contribution in [0.15, 0.2) is 107 Å². The largest absolute Gasteiger partial charge is 2.00 e. The van der Waals surface area contributed by atoms with Gasteiger partial charge in [0.1, 0.15) is 43.2 Å². The summed E-state index contributed by atoms with van der Waals surface area (Å²) in [5, 5.41) is 0. The van der Waals surface area contributed by atoms with E-state index in [1.54, 1.807) is 24.3 Å². The molecule has 0 fully saturated rings. The Morgan fingerprint density at radius 2 is 0.824 bits per heavy atom. The summed E-state index contributed by atoms with van der Waals surface area (Å²) < 4.78 is 79.3. The fourth-order valence-electron chi connectivity index (χ4n) is 5.48. The Morgan fingerprint density at radius 1 is 0.471 bits per heavy atom. The summed E-state index contributed by atoms with van der Waals surface area (Å²) in [5.41, 5.74) is 2.30. The molecule has 0 aliphatic rings. The van der Waals surface area contributed by atoms with Crippen LogP contribution in [0.25, 0.3) is 0 Å². The zero-order chi connectivity index (χ0) is 36.2. The van der Waals surface area contributed by atoms with Gasteiger partial charge in [-0.25, -0.2) is 16.8 Å². The van der Waals surface area contributed by atoms with Gasteiger partial charge in [0.25, 0.3) is 0 Å². The summed E-state index contributed by atoms with van der Waals surface area (Å²) in [6, 6.07) is 27.0. The Morgan fingerprint density at radius 3 is 1.20 bits per heavy atom. The molecule has 0 aliphatic heterocycles. The molecule has 0 aliphatic carbocycles. The van der Waals surface area contributed by atoms with E-state index in [0.29, 0.717) is 11.5 Å². The van der Waals surface area contributed by atoms with Gasteiger partial charge >= 0.3 is 37.7 Å². The monoisotopic (exact) mass is 762 g/mol. The topological polar surface area (TPSA) is 133 Å². The Kier molecular flexibility index (Phi) is 21.0. The van der Waals surface area contributed by atoms with Crippen LogP contribution in [-0.2, 0) is 33.1 Å². The second kappa shape index (κ2) is 24.0. The first kappa shape index (κ1) is 44.7. The molecular formula is C40H50CaO8S2. The van der Waals surface area contributed by atoms with Crippen LogP contribution in [0.1, 0.15) is 102 Å². The summed E-state index contributed by atoms with van der Waals surface area (Å²) in [6.07, 6.45) is 16.8. The molecule has 0 saturated heterocycles. The van der Waals surface area contributed by atoms with E-state index in [4.69, 9.17) is 9.47 Å². The van der Waals surface area contributed by atoms with Crippen LogP contribution < -0.4 is 9.47 Å². The van der Waals surface area contributed by atoms with Crippen molar-refractivity contribution in [2.24, 2.45) is 0 Å². The zero-order valence-electron chi connectivity index (χ0n) is 29.9. The van der Waals surface area contributed by atoms with E-state index in [9.17, 15) is 25.9 Å². The SMILES string of the molecule is CCCCCCCCc1cccc(Oc2ccccc2S(=O)(=O)[O-])c1.CCCCCCCCc1cccc(Oc2ccccc2S(=O)(=O)[O-])c1.[Ca+2]. The van der Waals surface area contributed by atoms with E-state index in [-0.39, 0.29) is 59.0 Å². The molecule has 0 heterocycles. The summed E-state index contributed by atoms with van der Waals surface area (Å²) in [4.78, 5) is -0.673. The fraction of sp³-hybridized carbons (Fsp3) is 0.400. The molecule has 4 rings (SSSR count). The maximum absolute atomic E-state index is 11.3. The maximum Gasteiger partial charge on any atom is 2.00 e. The van der Waals surface area contributed by atoms with E-state index < -0.39 is 20.2 Å². The Bertz CT molecular complexity index is 1680. The van der Waals surface area contributed by atoms with Crippen molar-refractivity contribution in [3.8, 4) is 23.0 Å². The van der Waals surface area contributed by atoms with Gasteiger partial charge in [0.05, 0.1) is 9.79 Å². The van der Waals surface area contributed by atoms with Crippen LogP contribution in [-0.4, -0.2) is 63.7 Å². The predicted molar refractivity (Wildman–Crippen MR) is 202 cm³/mol. The number of hydrogen-bond donors (Lipinski definition) is 0. The van der Waals surface area contributed by atoms with Gasteiger partial charge in [0.2, 0.25) is 0 Å². The number of hydrogen-bond acceptors (Lipinski definition) is 8. The van der Waals surface area contributed by atoms with E-state index in [0.717, 1.165) is 36.8 Å². The van der Waals surface area contributed by atoms with Gasteiger partial charge in [-0.15, -0.1) is 0 Å². The van der Waals surface area contributed by atoms with Gasteiger partial charge in [-0.3, -0.25) is 0 Å². The van der Waals surface area contributed by atoms with Gasteiger partial charge in [-0.2, -0.15) is 0 Å². The number of unbranched alkanes of at least 4 members (excludes halogenated alkanes) is 10. The maximum atomic E-state index is 11.3. The van der Waals surface area contributed by atoms with Crippen LogP contribution >= 0.6 is 0 Å². The Labute approximate surface area is 335 Å². The minimum atomic E-state index is -4.56. The average molecular weight is 763 g/mol. The van der Waals surface area contributed by atoms with Crippen molar-refractivity contribution in [1.29, 1.82) is 0 Å². The summed E-state index contributed by atoms with van der Waals surface area (Å²) >= 11 is 0. The molecule has 8 nitrogen and oxygen atoms in total. The molecule has 0 aromatic heterocycles. The van der Waals surface area contributed by atoms with Crippen LogP contribution in [0.2, 0.25) is 0 Å². The molecule has 0 radical (unpaired) electrons. The average Bonchev–Trinajstić information content (AvgIpc) is 3.08. The zero-order valence-corrected chi connectivity index (χ0v) is 33.8. The smallest absolute Gasteiger partial charge is 0.744 e. The molecule has 0 atom stereocenters. The molecule has 4 aromatic rings. The number of para-hydroxylation sites is 2. The van der Waals surface area contributed by atoms with Gasteiger partial charge in [0, 0.05) is 0 Å². The van der Waals surface area contributed by atoms with Gasteiger partial charge < -0.3 is 18.6 Å². The van der Waals surface area contributed by atoms with Crippen molar-refractivity contribution in [2.45, 2.75) is 114 Å². The molecule has 0 unspecified atom stereocenters. The van der Waals surface area contributed by atoms with Crippen molar-refractivity contribution in [3.63, 3.8) is 0 Å². The Balaban J connectivity index is 0.000000347. The number of aryl methyl sites for hydroxylation is 2. The number of ether oxygens (including phenoxy) is 2. The van der Waals surface area contributed by atoms with Crippen molar-refractivity contribution in [2.75, 3.05) is 0 Å². The first-order chi connectivity index (χ1) is 24.0. The second-order valence-electron chi connectivity index (χ2n) is 12.3. The third-order valence-corrected chi connectivity index (χ3v) is 9.88. The number of rotatable bonds is 20. The van der Waals surface area contributed by atoms with Gasteiger partial charge in [-0.05, 0) is 85.3 Å². The molecule has 0 spiro atoms. The van der Waals surface area contributed by atoms with Crippen molar-refractivity contribution >= 4 is 58.0 Å². The summed E-state index contributed by atoms with van der Waals surface area (Å²) in [6.45, 7) is 4.42. The normalized spacial score (nSPS) is 11.2. The number of benzene rings is 4. The van der Waals surface area contributed by atoms with Gasteiger partial charge in [0.15, 0.2) is 0 Å². The molecule has 51 heavy (non-hydrogen) atoms. The van der Waals surface area contributed by atoms with Crippen LogP contribution in [0.4, 0.5) is 0 Å². The van der Waals surface area contributed by atoms with Crippen LogP contribution in [0.3, 0.4) is 0 Å². The van der Waals surface area contributed by atoms with E-state index in [1.165, 1.54) is 101 Å². The van der Waals surface area contributed by atoms with Crippen molar-refractivity contribution < 1.29 is 35.4 Å². The van der Waals surface area contributed by atoms with E-state index in [1.807, 2.05) is 36.4 Å². The molecular weight excluding hydrogens is 713 g/mol. The minimum Gasteiger partial charge on any atom is -0.744 e. The minimum absolute atomic E-state index is 0. The standard InChI is InChI=1S/2C20H26O4S.Ca/c2*1-2-3-4-5-6-7-11-17-12-10-13-18(16-17)24-19-14-8-9-15-20(19)25(21,22)23;/h2*8-10,12-16H,2-7,11H2,1H3,(H,21,22,23);/q;;+2/p-2. The molecule has 0 saturated carbocycles. The molecule has 4 aromatic carbocycles. The summed E-state index contributed by atoms with van der Waals surface area (Å²) in [7, 11) is -9.13. The van der Waals surface area contributed by atoms with Gasteiger partial charge in [-0.1, -0.05) is 127 Å². The fourth-order valence-corrected chi connectivity index (χ4v) is 6.69. The molecule has 0 amide bonds. The molecule has 0 bridgehead atoms. The van der Waals surface area contributed by atoms with E-state index in [2.05, 4.69) is 13.8 Å². The quantitative estimate of drug-likeness (QED) is 0.0494. The third kappa shape index (κ3) is 17.3. The first-order valence-corrected chi connectivity index (χ1v) is 20.5. The first-order valence-electron chi connectivity index (χ1n) is 17.6. The molecule has 272 valence electrons. The van der Waals surface area contributed by atoms with Crippen LogP contribution in [0.5, 0.6) is 23.0 Å². The third-order valence-electron chi connectivity index (χ3n) is 8.13. The molecule has 11 heteroatoms. The second-order valence-corrected chi connectivity index (χ2v) is 15.0. The van der Waals surface area contributed by atoms with Crippen LogP contribution in [0, 0.1) is 0 Å². The molecule has 0 N–H and O–H groups in total.